The Morgan fingerprint density at radius 3 is 2.70 bits per heavy atom. The van der Waals surface area contributed by atoms with Crippen LogP contribution < -0.4 is 10.1 Å². The van der Waals surface area contributed by atoms with Crippen LogP contribution in [-0.2, 0) is 0 Å². The van der Waals surface area contributed by atoms with Gasteiger partial charge < -0.3 is 10.1 Å². The van der Waals surface area contributed by atoms with Crippen molar-refractivity contribution in [1.82, 2.24) is 9.97 Å². The quantitative estimate of drug-likeness (QED) is 0.738. The first-order valence-electron chi connectivity index (χ1n) is 6.07. The second-order valence-corrected chi connectivity index (χ2v) is 4.63. The van der Waals surface area contributed by atoms with Gasteiger partial charge >= 0.3 is 0 Å². The average Bonchev–Trinajstić information content (AvgIpc) is 2.47. The molecule has 2 aromatic heterocycles. The number of methoxy groups -OCH3 is 1. The number of anilines is 2. The summed E-state index contributed by atoms with van der Waals surface area (Å²) in [4.78, 5) is 8.33. The highest BCUT2D eigenvalue weighted by atomic mass is 35.5. The molecule has 1 aromatic carbocycles. The number of benzene rings is 1. The average molecular weight is 286 g/mol. The Labute approximate surface area is 121 Å². The van der Waals surface area contributed by atoms with Gasteiger partial charge in [-0.05, 0) is 35.7 Å². The number of halogens is 1. The van der Waals surface area contributed by atoms with Gasteiger partial charge in [0.05, 0.1) is 7.11 Å². The van der Waals surface area contributed by atoms with Gasteiger partial charge in [-0.15, -0.1) is 0 Å². The van der Waals surface area contributed by atoms with Gasteiger partial charge in [0.2, 0.25) is 0 Å². The van der Waals surface area contributed by atoms with E-state index in [1.165, 1.54) is 0 Å². The summed E-state index contributed by atoms with van der Waals surface area (Å²) in [5, 5.41) is 5.76. The molecule has 4 nitrogen and oxygen atoms in total. The predicted molar refractivity (Wildman–Crippen MR) is 80.8 cm³/mol. The summed E-state index contributed by atoms with van der Waals surface area (Å²) in [5.74, 6) is 1.55. The Kier molecular flexibility index (Phi) is 3.39. The molecule has 1 N–H and O–H groups in total. The highest BCUT2D eigenvalue weighted by Gasteiger charge is 2.05. The maximum atomic E-state index is 5.89. The molecule has 0 radical (unpaired) electrons. The summed E-state index contributed by atoms with van der Waals surface area (Å²) in [5.41, 5.74) is 0.841. The van der Waals surface area contributed by atoms with Gasteiger partial charge in [0.1, 0.15) is 16.7 Å². The van der Waals surface area contributed by atoms with Gasteiger partial charge in [-0.25, -0.2) is 9.97 Å². The normalized spacial score (nSPS) is 10.5. The Bertz CT molecular complexity index is 761. The zero-order valence-corrected chi connectivity index (χ0v) is 11.6. The molecule has 0 aliphatic rings. The fourth-order valence-electron chi connectivity index (χ4n) is 1.99. The molecule has 2 heterocycles. The van der Waals surface area contributed by atoms with Crippen LogP contribution in [0.2, 0.25) is 5.15 Å². The van der Waals surface area contributed by atoms with E-state index in [2.05, 4.69) is 15.3 Å². The molecule has 100 valence electrons. The number of hydrogen-bond acceptors (Lipinski definition) is 4. The summed E-state index contributed by atoms with van der Waals surface area (Å²) in [7, 11) is 1.65. The Morgan fingerprint density at radius 1 is 1.05 bits per heavy atom. The number of pyridine rings is 2. The lowest BCUT2D eigenvalue weighted by molar-refractivity contribution is 0.415. The third kappa shape index (κ3) is 2.51. The fourth-order valence-corrected chi connectivity index (χ4v) is 2.16. The van der Waals surface area contributed by atoms with Crippen molar-refractivity contribution in [2.45, 2.75) is 0 Å². The van der Waals surface area contributed by atoms with Crippen molar-refractivity contribution in [2.24, 2.45) is 0 Å². The van der Waals surface area contributed by atoms with Gasteiger partial charge in [-0.2, -0.15) is 0 Å². The number of nitrogens with one attached hydrogen (secondary N) is 1. The number of nitrogens with zero attached hydrogens (tertiary/aromatic N) is 2. The number of fused-ring (bicyclic) bond motifs is 1. The molecule has 0 saturated heterocycles. The molecule has 20 heavy (non-hydrogen) atoms. The molecule has 3 rings (SSSR count). The zero-order valence-electron chi connectivity index (χ0n) is 10.8. The third-order valence-electron chi connectivity index (χ3n) is 2.96. The molecular weight excluding hydrogens is 274 g/mol. The van der Waals surface area contributed by atoms with E-state index in [1.54, 1.807) is 25.6 Å². The molecule has 0 aliphatic carbocycles. The lowest BCUT2D eigenvalue weighted by atomic mass is 10.1. The fraction of sp³-hybridized carbons (Fsp3) is 0.0667. The van der Waals surface area contributed by atoms with Crippen molar-refractivity contribution >= 4 is 33.9 Å². The predicted octanol–water partition coefficient (Wildman–Crippen LogP) is 4.04. The topological polar surface area (TPSA) is 47.0 Å². The highest BCUT2D eigenvalue weighted by molar-refractivity contribution is 6.29. The molecule has 0 atom stereocenters. The molecule has 0 amide bonds. The Hall–Kier alpha value is -2.33. The molecule has 0 spiro atoms. The molecule has 0 aliphatic heterocycles. The summed E-state index contributed by atoms with van der Waals surface area (Å²) < 4.78 is 5.26. The zero-order chi connectivity index (χ0) is 13.9. The second kappa shape index (κ2) is 5.35. The number of aromatic nitrogens is 2. The first-order chi connectivity index (χ1) is 9.76. The largest absolute Gasteiger partial charge is 0.497 e. The minimum Gasteiger partial charge on any atom is -0.497 e. The summed E-state index contributed by atoms with van der Waals surface area (Å²) in [6, 6.07) is 11.4. The first kappa shape index (κ1) is 12.7. The molecule has 0 bridgehead atoms. The molecule has 5 heteroatoms. The van der Waals surface area contributed by atoms with Crippen LogP contribution in [0.4, 0.5) is 11.5 Å². The van der Waals surface area contributed by atoms with Crippen LogP contribution in [0.25, 0.3) is 10.8 Å². The molecular formula is C15H12ClN3O. The van der Waals surface area contributed by atoms with E-state index in [0.29, 0.717) is 5.15 Å². The van der Waals surface area contributed by atoms with Gasteiger partial charge in [-0.1, -0.05) is 17.7 Å². The lowest BCUT2D eigenvalue weighted by Gasteiger charge is -2.10. The lowest BCUT2D eigenvalue weighted by Crippen LogP contribution is -1.95. The van der Waals surface area contributed by atoms with E-state index in [4.69, 9.17) is 16.3 Å². The molecule has 0 saturated carbocycles. The standard InChI is InChI=1S/C15H12ClN3O/c1-20-12-3-2-10-4-6-18-15(13(10)9-12)19-11-5-7-17-14(16)8-11/h2-9H,1H3,(H,17,18,19). The van der Waals surface area contributed by atoms with Crippen LogP contribution in [0.1, 0.15) is 0 Å². The second-order valence-electron chi connectivity index (χ2n) is 4.24. The smallest absolute Gasteiger partial charge is 0.138 e. The minimum atomic E-state index is 0.438. The minimum absolute atomic E-state index is 0.438. The van der Waals surface area contributed by atoms with Crippen molar-refractivity contribution in [3.8, 4) is 5.75 Å². The summed E-state index contributed by atoms with van der Waals surface area (Å²) >= 11 is 5.89. The van der Waals surface area contributed by atoms with Crippen molar-refractivity contribution in [2.75, 3.05) is 12.4 Å². The molecule has 0 unspecified atom stereocenters. The van der Waals surface area contributed by atoms with Crippen molar-refractivity contribution in [1.29, 1.82) is 0 Å². The SMILES string of the molecule is COc1ccc2ccnc(Nc3ccnc(Cl)c3)c2c1. The first-order valence-corrected chi connectivity index (χ1v) is 6.45. The van der Waals surface area contributed by atoms with Gasteiger partial charge in [0.15, 0.2) is 0 Å². The number of hydrogen-bond donors (Lipinski definition) is 1. The highest BCUT2D eigenvalue weighted by Crippen LogP contribution is 2.28. The van der Waals surface area contributed by atoms with Crippen LogP contribution in [-0.4, -0.2) is 17.1 Å². The number of rotatable bonds is 3. The van der Waals surface area contributed by atoms with Crippen LogP contribution >= 0.6 is 11.6 Å². The maximum Gasteiger partial charge on any atom is 0.138 e. The van der Waals surface area contributed by atoms with E-state index in [1.807, 2.05) is 30.3 Å². The Balaban J connectivity index is 2.06. The van der Waals surface area contributed by atoms with Gasteiger partial charge in [-0.3, -0.25) is 0 Å². The van der Waals surface area contributed by atoms with Crippen molar-refractivity contribution < 1.29 is 4.74 Å². The van der Waals surface area contributed by atoms with Crippen LogP contribution in [0.3, 0.4) is 0 Å². The van der Waals surface area contributed by atoms with E-state index in [9.17, 15) is 0 Å². The van der Waals surface area contributed by atoms with Crippen molar-refractivity contribution in [3.63, 3.8) is 0 Å². The van der Waals surface area contributed by atoms with Crippen LogP contribution in [0.15, 0.2) is 48.8 Å². The molecule has 0 fully saturated rings. The Morgan fingerprint density at radius 2 is 1.90 bits per heavy atom. The van der Waals surface area contributed by atoms with E-state index in [0.717, 1.165) is 28.0 Å². The maximum absolute atomic E-state index is 5.89. The molecule has 3 aromatic rings. The van der Waals surface area contributed by atoms with Gasteiger partial charge in [0.25, 0.3) is 0 Å². The van der Waals surface area contributed by atoms with Crippen molar-refractivity contribution in [3.05, 3.63) is 53.9 Å². The van der Waals surface area contributed by atoms with Gasteiger partial charge in [0, 0.05) is 23.5 Å². The van der Waals surface area contributed by atoms with Crippen LogP contribution in [0, 0.1) is 0 Å². The summed E-state index contributed by atoms with van der Waals surface area (Å²) in [6.45, 7) is 0. The monoisotopic (exact) mass is 285 g/mol. The van der Waals surface area contributed by atoms with E-state index < -0.39 is 0 Å². The van der Waals surface area contributed by atoms with E-state index >= 15 is 0 Å². The third-order valence-corrected chi connectivity index (χ3v) is 3.17. The van der Waals surface area contributed by atoms with E-state index in [-0.39, 0.29) is 0 Å². The summed E-state index contributed by atoms with van der Waals surface area (Å²) in [6.07, 6.45) is 3.41. The van der Waals surface area contributed by atoms with Crippen LogP contribution in [0.5, 0.6) is 5.75 Å². The number of ether oxygens (including phenoxy) is 1.